The predicted octanol–water partition coefficient (Wildman–Crippen LogP) is 6.15. The van der Waals surface area contributed by atoms with Gasteiger partial charge in [0.05, 0.1) is 22.5 Å². The molecule has 0 heterocycles. The Morgan fingerprint density at radius 3 is 2.15 bits per heavy atom. The summed E-state index contributed by atoms with van der Waals surface area (Å²) < 4.78 is 66.1. The van der Waals surface area contributed by atoms with Gasteiger partial charge in [0.25, 0.3) is 0 Å². The summed E-state index contributed by atoms with van der Waals surface area (Å²) in [6.07, 6.45) is -3.27. The summed E-state index contributed by atoms with van der Waals surface area (Å²) in [6.45, 7) is 4.20. The molecule has 2 amide bonds. The molecule has 2 atom stereocenters. The molecule has 0 unspecified atom stereocenters. The first-order valence-electron chi connectivity index (χ1n) is 11.9. The van der Waals surface area contributed by atoms with E-state index in [0.717, 1.165) is 17.2 Å². The first-order chi connectivity index (χ1) is 18.0. The summed E-state index contributed by atoms with van der Waals surface area (Å²) in [4.78, 5) is 28.0. The molecule has 0 aliphatic heterocycles. The molecule has 216 valence electrons. The summed E-state index contributed by atoms with van der Waals surface area (Å²) in [5.74, 6) is -1.33. The number of amides is 2. The second-order valence-electron chi connectivity index (χ2n) is 8.93. The number of carbonyl (C=O) groups is 2. The molecule has 7 nitrogen and oxygen atoms in total. The molecule has 14 heteroatoms. The van der Waals surface area contributed by atoms with Gasteiger partial charge in [-0.3, -0.25) is 13.9 Å². The highest BCUT2D eigenvalue weighted by Crippen LogP contribution is 2.36. The van der Waals surface area contributed by atoms with E-state index in [1.807, 2.05) is 6.92 Å². The number of alkyl halides is 3. The molecule has 0 aliphatic carbocycles. The van der Waals surface area contributed by atoms with E-state index in [0.29, 0.717) is 33.4 Å². The predicted molar refractivity (Wildman–Crippen MR) is 148 cm³/mol. The van der Waals surface area contributed by atoms with Gasteiger partial charge in [-0.2, -0.15) is 13.2 Å². The van der Waals surface area contributed by atoms with Gasteiger partial charge in [0, 0.05) is 22.6 Å². The Morgan fingerprint density at radius 2 is 1.64 bits per heavy atom. The lowest BCUT2D eigenvalue weighted by molar-refractivity contribution is -0.140. The van der Waals surface area contributed by atoms with Crippen LogP contribution in [-0.4, -0.2) is 50.0 Å². The van der Waals surface area contributed by atoms with E-state index >= 15 is 0 Å². The molecule has 39 heavy (non-hydrogen) atoms. The van der Waals surface area contributed by atoms with Crippen LogP contribution in [0, 0.1) is 0 Å². The Labute approximate surface area is 241 Å². The molecule has 0 saturated carbocycles. The summed E-state index contributed by atoms with van der Waals surface area (Å²) in [6, 6.07) is 5.46. The fourth-order valence-corrected chi connectivity index (χ4v) is 5.26. The van der Waals surface area contributed by atoms with Gasteiger partial charge in [-0.15, -0.1) is 0 Å². The number of anilines is 1. The fourth-order valence-electron chi connectivity index (χ4n) is 3.67. The SMILES string of the molecule is CC[C@@H](C)NC(=O)[C@@H](CC)N(Cc1ccc(Cl)cc1Cl)C(=O)CN(c1cc(C(F)(F)F)ccc1Cl)S(C)(=O)=O. The smallest absolute Gasteiger partial charge is 0.352 e. The van der Waals surface area contributed by atoms with Crippen molar-refractivity contribution in [3.8, 4) is 0 Å². The second-order valence-corrected chi connectivity index (χ2v) is 12.1. The molecule has 1 N–H and O–H groups in total. The van der Waals surface area contributed by atoms with E-state index < -0.39 is 51.9 Å². The zero-order valence-electron chi connectivity index (χ0n) is 21.7. The van der Waals surface area contributed by atoms with Crippen molar-refractivity contribution in [2.24, 2.45) is 0 Å². The van der Waals surface area contributed by atoms with Crippen LogP contribution in [0.1, 0.15) is 44.7 Å². The average molecular weight is 631 g/mol. The number of nitrogens with one attached hydrogen (secondary N) is 1. The Balaban J connectivity index is 2.58. The second kappa shape index (κ2) is 13.4. The highest BCUT2D eigenvalue weighted by Gasteiger charge is 2.35. The number of hydrogen-bond acceptors (Lipinski definition) is 4. The fraction of sp³-hybridized carbons (Fsp3) is 0.440. The number of carbonyl (C=O) groups excluding carboxylic acids is 2. The van der Waals surface area contributed by atoms with Crippen molar-refractivity contribution in [2.75, 3.05) is 17.1 Å². The summed E-state index contributed by atoms with van der Waals surface area (Å²) in [7, 11) is -4.30. The molecular weight excluding hydrogens is 602 g/mol. The number of nitrogens with zero attached hydrogens (tertiary/aromatic N) is 2. The van der Waals surface area contributed by atoms with Gasteiger partial charge in [-0.25, -0.2) is 8.42 Å². The largest absolute Gasteiger partial charge is 0.416 e. The third-order valence-electron chi connectivity index (χ3n) is 5.96. The topological polar surface area (TPSA) is 86.8 Å². The van der Waals surface area contributed by atoms with E-state index in [4.69, 9.17) is 34.8 Å². The molecule has 2 rings (SSSR count). The zero-order valence-corrected chi connectivity index (χ0v) is 24.7. The minimum absolute atomic E-state index is 0.155. The first kappa shape index (κ1) is 33.0. The van der Waals surface area contributed by atoms with Crippen LogP contribution in [0.4, 0.5) is 18.9 Å². The molecule has 0 aromatic heterocycles. The number of sulfonamides is 1. The highest BCUT2D eigenvalue weighted by atomic mass is 35.5. The van der Waals surface area contributed by atoms with Gasteiger partial charge < -0.3 is 10.2 Å². The molecule has 0 saturated heterocycles. The van der Waals surface area contributed by atoms with Crippen molar-refractivity contribution in [3.05, 3.63) is 62.6 Å². The van der Waals surface area contributed by atoms with Crippen LogP contribution >= 0.6 is 34.8 Å². The Bertz CT molecular complexity index is 1310. The first-order valence-corrected chi connectivity index (χ1v) is 14.9. The third kappa shape index (κ3) is 8.89. The number of halogens is 6. The van der Waals surface area contributed by atoms with Crippen LogP contribution in [0.3, 0.4) is 0 Å². The lowest BCUT2D eigenvalue weighted by atomic mass is 10.1. The zero-order chi connectivity index (χ0) is 29.7. The van der Waals surface area contributed by atoms with Crippen LogP contribution in [0.25, 0.3) is 0 Å². The van der Waals surface area contributed by atoms with Crippen LogP contribution < -0.4 is 9.62 Å². The van der Waals surface area contributed by atoms with Crippen molar-refractivity contribution in [2.45, 2.75) is 58.4 Å². The van der Waals surface area contributed by atoms with E-state index in [9.17, 15) is 31.2 Å². The van der Waals surface area contributed by atoms with Gasteiger partial charge in [0.1, 0.15) is 12.6 Å². The third-order valence-corrected chi connectivity index (χ3v) is 8.00. The maximum atomic E-state index is 13.7. The number of benzene rings is 2. The molecule has 0 radical (unpaired) electrons. The van der Waals surface area contributed by atoms with E-state index in [1.54, 1.807) is 19.9 Å². The summed E-state index contributed by atoms with van der Waals surface area (Å²) in [5.41, 5.74) is -1.25. The van der Waals surface area contributed by atoms with Crippen LogP contribution in [-0.2, 0) is 32.3 Å². The van der Waals surface area contributed by atoms with Crippen LogP contribution in [0.15, 0.2) is 36.4 Å². The standard InChI is InChI=1S/C25H29Cl3F3N3O4S/c1-5-15(3)32-24(36)21(6-2)33(13-16-7-9-18(26)12-20(16)28)23(35)14-34(39(4,37)38)22-11-17(25(29,30)31)8-10-19(22)27/h7-12,15,21H,5-6,13-14H2,1-4H3,(H,32,36)/t15-,21-/m1/s1. The lowest BCUT2D eigenvalue weighted by Crippen LogP contribution is -2.53. The average Bonchev–Trinajstić information content (AvgIpc) is 2.82. The highest BCUT2D eigenvalue weighted by molar-refractivity contribution is 7.92. The van der Waals surface area contributed by atoms with Gasteiger partial charge in [0.2, 0.25) is 21.8 Å². The lowest BCUT2D eigenvalue weighted by Gasteiger charge is -2.33. The number of rotatable bonds is 11. The normalized spacial score (nSPS) is 13.5. The van der Waals surface area contributed by atoms with Crippen molar-refractivity contribution in [1.82, 2.24) is 10.2 Å². The summed E-state index contributed by atoms with van der Waals surface area (Å²) >= 11 is 18.4. The molecular formula is C25H29Cl3F3N3O4S. The van der Waals surface area contributed by atoms with Crippen molar-refractivity contribution in [3.63, 3.8) is 0 Å². The van der Waals surface area contributed by atoms with E-state index in [1.165, 1.54) is 12.1 Å². The maximum Gasteiger partial charge on any atom is 0.416 e. The molecule has 2 aromatic carbocycles. The van der Waals surface area contributed by atoms with Crippen molar-refractivity contribution < 1.29 is 31.2 Å². The van der Waals surface area contributed by atoms with Gasteiger partial charge >= 0.3 is 6.18 Å². The molecule has 0 fully saturated rings. The number of hydrogen-bond donors (Lipinski definition) is 1. The van der Waals surface area contributed by atoms with Gasteiger partial charge in [0.15, 0.2) is 0 Å². The minimum atomic E-state index is -4.79. The quantitative estimate of drug-likeness (QED) is 0.323. The molecule has 0 aliphatic rings. The van der Waals surface area contributed by atoms with Crippen LogP contribution in [0.2, 0.25) is 15.1 Å². The Hall–Kier alpha value is -2.21. The molecule has 0 spiro atoms. The van der Waals surface area contributed by atoms with Gasteiger partial charge in [-0.1, -0.05) is 54.7 Å². The van der Waals surface area contributed by atoms with Crippen LogP contribution in [0.5, 0.6) is 0 Å². The Kier molecular flexibility index (Phi) is 11.4. The van der Waals surface area contributed by atoms with Gasteiger partial charge in [-0.05, 0) is 55.7 Å². The molecule has 2 aromatic rings. The molecule has 0 bridgehead atoms. The van der Waals surface area contributed by atoms with E-state index in [-0.39, 0.29) is 29.1 Å². The maximum absolute atomic E-state index is 13.7. The van der Waals surface area contributed by atoms with Crippen molar-refractivity contribution >= 4 is 62.3 Å². The Morgan fingerprint density at radius 1 is 1.00 bits per heavy atom. The van der Waals surface area contributed by atoms with E-state index in [2.05, 4.69) is 5.32 Å². The summed E-state index contributed by atoms with van der Waals surface area (Å²) in [5, 5.41) is 3.04. The minimum Gasteiger partial charge on any atom is -0.352 e. The van der Waals surface area contributed by atoms with Crippen molar-refractivity contribution in [1.29, 1.82) is 0 Å². The monoisotopic (exact) mass is 629 g/mol.